The molecule has 380 valence electrons. The SMILES string of the molecule is CC(C)(C)O[C@@H]1[C@@H](OC(C)(C)C)CN2O[C@H](COc3c4cccc3Cc3cccc(c3O)Cc3cccc(c3OC[C@@H]3C[C@H]5[C@H](OC(C)(C)C)[C@@H](OC(C)(C)C)CN5O3)Cc3cccc(c3O)C4)C[C@@H]12. The van der Waals surface area contributed by atoms with E-state index < -0.39 is 0 Å². The van der Waals surface area contributed by atoms with Gasteiger partial charge in [-0.2, -0.15) is 10.1 Å². The van der Waals surface area contributed by atoms with Crippen molar-refractivity contribution in [2.24, 2.45) is 0 Å². The third kappa shape index (κ3) is 11.8. The van der Waals surface area contributed by atoms with Crippen LogP contribution < -0.4 is 9.47 Å². The highest BCUT2D eigenvalue weighted by Crippen LogP contribution is 2.42. The number of benzene rings is 4. The molecule has 4 saturated heterocycles. The van der Waals surface area contributed by atoms with E-state index >= 15 is 0 Å². The molecule has 9 rings (SSSR count). The van der Waals surface area contributed by atoms with E-state index in [4.69, 9.17) is 38.1 Å². The quantitative estimate of drug-likeness (QED) is 0.139. The van der Waals surface area contributed by atoms with Crippen LogP contribution in [0.2, 0.25) is 0 Å². The highest BCUT2D eigenvalue weighted by Gasteiger charge is 2.53. The zero-order valence-corrected chi connectivity index (χ0v) is 43.7. The van der Waals surface area contributed by atoms with Gasteiger partial charge in [0.05, 0.1) is 47.6 Å². The highest BCUT2D eigenvalue weighted by molar-refractivity contribution is 5.55. The number of rotatable bonds is 10. The fourth-order valence-electron chi connectivity index (χ4n) is 11.1. The molecule has 0 saturated carbocycles. The monoisotopic (exact) mass is 963 g/mol. The maximum Gasteiger partial charge on any atom is 0.126 e. The first-order valence-electron chi connectivity index (χ1n) is 25.6. The summed E-state index contributed by atoms with van der Waals surface area (Å²) in [5, 5.41) is 28.3. The van der Waals surface area contributed by atoms with Crippen LogP contribution in [0.5, 0.6) is 23.0 Å². The van der Waals surface area contributed by atoms with Crippen LogP contribution in [0.4, 0.5) is 0 Å². The molecule has 4 fully saturated rings. The fourth-order valence-corrected chi connectivity index (χ4v) is 11.1. The summed E-state index contributed by atoms with van der Waals surface area (Å²) >= 11 is 0. The number of fused-ring (bicyclic) bond motifs is 10. The minimum atomic E-state index is -0.352. The summed E-state index contributed by atoms with van der Waals surface area (Å²) in [5.41, 5.74) is 5.57. The lowest BCUT2D eigenvalue weighted by atomic mass is 9.91. The topological polar surface area (TPSA) is 121 Å². The Labute approximate surface area is 416 Å². The Morgan fingerprint density at radius 3 is 1.01 bits per heavy atom. The Balaban J connectivity index is 0.973. The van der Waals surface area contributed by atoms with E-state index in [0.29, 0.717) is 52.0 Å². The van der Waals surface area contributed by atoms with Crippen LogP contribution in [-0.2, 0) is 54.3 Å². The van der Waals surface area contributed by atoms with Crippen molar-refractivity contribution in [1.82, 2.24) is 10.1 Å². The molecule has 12 nitrogen and oxygen atoms in total. The van der Waals surface area contributed by atoms with Crippen LogP contribution >= 0.6 is 0 Å². The number of hydroxylamine groups is 4. The van der Waals surface area contributed by atoms with Crippen LogP contribution in [0, 0.1) is 0 Å². The van der Waals surface area contributed by atoms with Gasteiger partial charge in [0.1, 0.15) is 72.8 Å². The van der Waals surface area contributed by atoms with Gasteiger partial charge in [-0.1, -0.05) is 72.8 Å². The first-order valence-corrected chi connectivity index (χ1v) is 25.6. The summed E-state index contributed by atoms with van der Waals surface area (Å²) in [7, 11) is 0. The normalized spacial score (nSPS) is 26.3. The molecule has 0 radical (unpaired) electrons. The molecule has 5 aliphatic rings. The van der Waals surface area contributed by atoms with Crippen molar-refractivity contribution in [3.05, 3.63) is 117 Å². The number of aromatic hydroxyl groups is 2. The molecule has 1 aliphatic carbocycles. The molecule has 12 heteroatoms. The van der Waals surface area contributed by atoms with Crippen LogP contribution in [0.1, 0.15) is 140 Å². The Hall–Kier alpha value is -4.24. The van der Waals surface area contributed by atoms with Gasteiger partial charge in [0, 0.05) is 25.7 Å². The summed E-state index contributed by atoms with van der Waals surface area (Å²) in [4.78, 5) is 13.2. The summed E-state index contributed by atoms with van der Waals surface area (Å²) in [6.45, 7) is 26.9. The average molecular weight is 963 g/mol. The summed E-state index contributed by atoms with van der Waals surface area (Å²) in [6.07, 6.45) is 2.23. The van der Waals surface area contributed by atoms with Gasteiger partial charge in [-0.25, -0.2) is 0 Å². The van der Waals surface area contributed by atoms with Crippen molar-refractivity contribution in [3.8, 4) is 23.0 Å². The minimum Gasteiger partial charge on any atom is -0.507 e. The summed E-state index contributed by atoms with van der Waals surface area (Å²) in [5.74, 6) is 1.97. The first-order chi connectivity index (χ1) is 32.9. The molecule has 4 heterocycles. The lowest BCUT2D eigenvalue weighted by molar-refractivity contribution is -0.166. The third-order valence-electron chi connectivity index (χ3n) is 13.6. The molecule has 4 aliphatic heterocycles. The molecule has 0 aromatic heterocycles. The second-order valence-electron chi connectivity index (χ2n) is 24.2. The molecule has 70 heavy (non-hydrogen) atoms. The van der Waals surface area contributed by atoms with Gasteiger partial charge < -0.3 is 38.6 Å². The van der Waals surface area contributed by atoms with Gasteiger partial charge in [0.2, 0.25) is 0 Å². The van der Waals surface area contributed by atoms with Gasteiger partial charge in [0.15, 0.2) is 0 Å². The Bertz CT molecular complexity index is 2230. The molecule has 2 N–H and O–H groups in total. The van der Waals surface area contributed by atoms with Crippen molar-refractivity contribution >= 4 is 0 Å². The van der Waals surface area contributed by atoms with Crippen molar-refractivity contribution in [2.45, 2.75) is 193 Å². The lowest BCUT2D eigenvalue weighted by Gasteiger charge is -2.34. The number of ether oxygens (including phenoxy) is 6. The van der Waals surface area contributed by atoms with Crippen LogP contribution in [0.25, 0.3) is 0 Å². The number of nitrogens with zero attached hydrogens (tertiary/aromatic N) is 2. The van der Waals surface area contributed by atoms with Crippen molar-refractivity contribution in [3.63, 3.8) is 0 Å². The van der Waals surface area contributed by atoms with Gasteiger partial charge in [-0.15, -0.1) is 0 Å². The highest BCUT2D eigenvalue weighted by atomic mass is 16.7. The lowest BCUT2D eigenvalue weighted by Crippen LogP contribution is -2.44. The summed E-state index contributed by atoms with van der Waals surface area (Å²) in [6, 6.07) is 24.4. The first kappa shape index (κ1) is 50.7. The number of hydrogen-bond acceptors (Lipinski definition) is 12. The smallest absolute Gasteiger partial charge is 0.126 e. The van der Waals surface area contributed by atoms with E-state index in [1.165, 1.54) is 0 Å². The Kier molecular flexibility index (Phi) is 14.2. The largest absolute Gasteiger partial charge is 0.507 e. The summed E-state index contributed by atoms with van der Waals surface area (Å²) < 4.78 is 40.1. The standard InChI is InChI=1S/C58H78N2O10/c1-55(2,3)65-47-31-59-45(53(47)67-57(7,8)9)29-43(69-59)33-63-51-39-21-15-22-40(51)26-36-18-14-20-38(50(36)62)28-42-24-16-23-41(27-37-19-13-17-35(25-39)49(37)61)52(42)64-34-44-30-46-54(68-58(10,11)12)48(32-60(46)70-44)66-56(4,5)6/h13-24,43-48,53-54,61-62H,25-34H2,1-12H3/t43-,44-,45-,46-,47-,48-,53-,54-/m0/s1. The molecule has 0 unspecified atom stereocenters. The molecule has 8 atom stereocenters. The maximum absolute atomic E-state index is 12.1. The van der Waals surface area contributed by atoms with Crippen LogP contribution in [-0.4, -0.2) is 118 Å². The van der Waals surface area contributed by atoms with Gasteiger partial charge in [-0.3, -0.25) is 9.68 Å². The van der Waals surface area contributed by atoms with E-state index in [2.05, 4.69) is 107 Å². The van der Waals surface area contributed by atoms with E-state index in [-0.39, 0.29) is 82.6 Å². The molecule has 0 amide bonds. The van der Waals surface area contributed by atoms with Gasteiger partial charge in [0.25, 0.3) is 0 Å². The molecular weight excluding hydrogens is 885 g/mol. The van der Waals surface area contributed by atoms with Gasteiger partial charge in [-0.05, 0) is 140 Å². The second kappa shape index (κ2) is 19.6. The number of phenolic OH excluding ortho intramolecular Hbond substituents is 2. The second-order valence-corrected chi connectivity index (χ2v) is 24.2. The Morgan fingerprint density at radius 2 is 0.729 bits per heavy atom. The van der Waals surface area contributed by atoms with E-state index in [1.54, 1.807) is 0 Å². The molecular formula is C58H78N2O10. The third-order valence-corrected chi connectivity index (χ3v) is 13.6. The zero-order chi connectivity index (χ0) is 49.9. The predicted molar refractivity (Wildman–Crippen MR) is 270 cm³/mol. The van der Waals surface area contributed by atoms with Gasteiger partial charge >= 0.3 is 0 Å². The molecule has 8 bridgehead atoms. The fraction of sp³-hybridized carbons (Fsp3) is 0.586. The van der Waals surface area contributed by atoms with E-state index in [1.807, 2.05) is 58.7 Å². The Morgan fingerprint density at radius 1 is 0.443 bits per heavy atom. The molecule has 0 spiro atoms. The number of hydrogen-bond donors (Lipinski definition) is 2. The van der Waals surface area contributed by atoms with Crippen LogP contribution in [0.15, 0.2) is 72.8 Å². The number of para-hydroxylation sites is 4. The van der Waals surface area contributed by atoms with Crippen molar-refractivity contribution in [1.29, 1.82) is 0 Å². The van der Waals surface area contributed by atoms with E-state index in [0.717, 1.165) is 68.8 Å². The average Bonchev–Trinajstić information content (AvgIpc) is 3.99. The van der Waals surface area contributed by atoms with Crippen molar-refractivity contribution in [2.75, 3.05) is 26.3 Å². The minimum absolute atomic E-state index is 0.0234. The maximum atomic E-state index is 12.1. The molecule has 4 aromatic carbocycles. The zero-order valence-electron chi connectivity index (χ0n) is 43.7. The van der Waals surface area contributed by atoms with E-state index in [9.17, 15) is 10.2 Å². The van der Waals surface area contributed by atoms with Crippen LogP contribution in [0.3, 0.4) is 0 Å². The predicted octanol–water partition coefficient (Wildman–Crippen LogP) is 10.0. The molecule has 4 aromatic rings. The number of phenols is 2. The van der Waals surface area contributed by atoms with Crippen molar-refractivity contribution < 1.29 is 48.3 Å².